The lowest BCUT2D eigenvalue weighted by Crippen LogP contribution is -2.44. The minimum atomic E-state index is -0.809. The summed E-state index contributed by atoms with van der Waals surface area (Å²) in [6.45, 7) is 1.89. The van der Waals surface area contributed by atoms with Gasteiger partial charge in [0.15, 0.2) is 0 Å². The summed E-state index contributed by atoms with van der Waals surface area (Å²) in [4.78, 5) is 41.3. The smallest absolute Gasteiger partial charge is 0.407 e. The van der Waals surface area contributed by atoms with E-state index in [0.29, 0.717) is 36.3 Å². The molecule has 1 atom stereocenters. The number of carbonyl (C=O) groups is 3. The number of nitrogen functional groups attached to an aromatic ring is 1. The van der Waals surface area contributed by atoms with E-state index in [9.17, 15) is 14.4 Å². The van der Waals surface area contributed by atoms with Crippen LogP contribution in [0.1, 0.15) is 32.6 Å². The van der Waals surface area contributed by atoms with Crippen molar-refractivity contribution in [3.05, 3.63) is 60.8 Å². The number of fused-ring (bicyclic) bond motifs is 1. The van der Waals surface area contributed by atoms with Crippen molar-refractivity contribution in [2.45, 2.75) is 38.6 Å². The molecule has 2 aromatic carbocycles. The Hall–Kier alpha value is -4.14. The van der Waals surface area contributed by atoms with Gasteiger partial charge in [0.05, 0.1) is 23.5 Å². The number of unbranched alkanes of at least 4 members (excludes halogenated alkanes) is 1. The molecule has 0 bridgehead atoms. The highest BCUT2D eigenvalue weighted by atomic mass is 16.5. The van der Waals surface area contributed by atoms with E-state index in [1.54, 1.807) is 43.5 Å². The van der Waals surface area contributed by atoms with E-state index in [4.69, 9.17) is 10.5 Å². The van der Waals surface area contributed by atoms with E-state index >= 15 is 0 Å². The molecule has 0 aliphatic carbocycles. The average molecular weight is 464 g/mol. The fraction of sp³-hybridized carbons (Fsp3) is 0.280. The van der Waals surface area contributed by atoms with Gasteiger partial charge in [0.25, 0.3) is 0 Å². The number of nitrogens with zero attached hydrogens (tertiary/aromatic N) is 1. The molecule has 1 unspecified atom stereocenters. The molecule has 0 radical (unpaired) electrons. The molecule has 3 amide bonds. The highest BCUT2D eigenvalue weighted by molar-refractivity contribution is 5.98. The van der Waals surface area contributed by atoms with Gasteiger partial charge in [-0.15, -0.1) is 0 Å². The lowest BCUT2D eigenvalue weighted by molar-refractivity contribution is -0.118. The number of benzene rings is 2. The van der Waals surface area contributed by atoms with Crippen LogP contribution in [0.2, 0.25) is 0 Å². The average Bonchev–Trinajstić information content (AvgIpc) is 2.82. The summed E-state index contributed by atoms with van der Waals surface area (Å²) in [6, 6.07) is 15.3. The summed E-state index contributed by atoms with van der Waals surface area (Å²) < 4.78 is 4.94. The summed E-state index contributed by atoms with van der Waals surface area (Å²) >= 11 is 0. The second-order valence-electron chi connectivity index (χ2n) is 7.70. The van der Waals surface area contributed by atoms with Gasteiger partial charge in [0, 0.05) is 23.7 Å². The first-order valence-corrected chi connectivity index (χ1v) is 11.2. The Morgan fingerprint density at radius 3 is 2.65 bits per heavy atom. The quantitative estimate of drug-likeness (QED) is 0.264. The number of pyridine rings is 1. The molecule has 178 valence electrons. The molecule has 0 aliphatic rings. The van der Waals surface area contributed by atoms with Gasteiger partial charge in [-0.05, 0) is 56.2 Å². The van der Waals surface area contributed by atoms with Gasteiger partial charge < -0.3 is 26.4 Å². The standard InChI is InChI=1S/C25H29N5O4/c1-2-34-25(33)30-22(11-5-6-12-23(31)29-21-10-4-3-9-19(21)26)24(32)28-18-13-14-20-17(16-18)8-7-15-27-20/h3-4,7-10,13-16,22H,2,5-6,11-12,26H2,1H3,(H,28,32)(H,29,31)(H,30,33). The number of ether oxygens (including phenoxy) is 1. The third-order valence-electron chi connectivity index (χ3n) is 5.14. The van der Waals surface area contributed by atoms with Crippen LogP contribution in [0, 0.1) is 0 Å². The predicted octanol–water partition coefficient (Wildman–Crippen LogP) is 4.07. The molecule has 0 fully saturated rings. The minimum absolute atomic E-state index is 0.165. The summed E-state index contributed by atoms with van der Waals surface area (Å²) in [7, 11) is 0. The van der Waals surface area contributed by atoms with Crippen LogP contribution in [0.4, 0.5) is 21.9 Å². The Bertz CT molecular complexity index is 1150. The molecule has 3 aromatic rings. The predicted molar refractivity (Wildman–Crippen MR) is 132 cm³/mol. The molecule has 5 N–H and O–H groups in total. The zero-order chi connectivity index (χ0) is 24.3. The first-order chi connectivity index (χ1) is 16.5. The maximum atomic E-state index is 12.9. The first kappa shape index (κ1) is 24.5. The summed E-state index contributed by atoms with van der Waals surface area (Å²) in [5.41, 5.74) is 8.33. The van der Waals surface area contributed by atoms with Crippen molar-refractivity contribution in [3.63, 3.8) is 0 Å². The highest BCUT2D eigenvalue weighted by Gasteiger charge is 2.21. The van der Waals surface area contributed by atoms with E-state index in [-0.39, 0.29) is 24.8 Å². The van der Waals surface area contributed by atoms with Crippen LogP contribution in [-0.4, -0.2) is 35.5 Å². The molecular formula is C25H29N5O4. The van der Waals surface area contributed by atoms with Crippen molar-refractivity contribution < 1.29 is 19.1 Å². The van der Waals surface area contributed by atoms with Crippen LogP contribution in [0.5, 0.6) is 0 Å². The van der Waals surface area contributed by atoms with E-state index in [1.165, 1.54) is 0 Å². The van der Waals surface area contributed by atoms with Crippen LogP contribution in [-0.2, 0) is 14.3 Å². The van der Waals surface area contributed by atoms with Gasteiger partial charge in [-0.25, -0.2) is 4.79 Å². The second-order valence-corrected chi connectivity index (χ2v) is 7.70. The Morgan fingerprint density at radius 1 is 1.03 bits per heavy atom. The monoisotopic (exact) mass is 463 g/mol. The van der Waals surface area contributed by atoms with Gasteiger partial charge in [-0.1, -0.05) is 24.6 Å². The van der Waals surface area contributed by atoms with Gasteiger partial charge in [0.2, 0.25) is 11.8 Å². The number of hydrogen-bond donors (Lipinski definition) is 4. The SMILES string of the molecule is CCOC(=O)NC(CCCCC(=O)Nc1ccccc1N)C(=O)Nc1ccc2ncccc2c1. The third-order valence-corrected chi connectivity index (χ3v) is 5.14. The van der Waals surface area contributed by atoms with Crippen LogP contribution < -0.4 is 21.7 Å². The Kier molecular flexibility index (Phi) is 8.79. The largest absolute Gasteiger partial charge is 0.450 e. The van der Waals surface area contributed by atoms with Crippen LogP contribution in [0.3, 0.4) is 0 Å². The topological polar surface area (TPSA) is 135 Å². The summed E-state index contributed by atoms with van der Waals surface area (Å²) in [5, 5.41) is 9.12. The number of hydrogen-bond acceptors (Lipinski definition) is 6. The normalized spacial score (nSPS) is 11.4. The van der Waals surface area contributed by atoms with Gasteiger partial charge in [-0.3, -0.25) is 14.6 Å². The zero-order valence-electron chi connectivity index (χ0n) is 19.0. The fourth-order valence-corrected chi connectivity index (χ4v) is 3.42. The van der Waals surface area contributed by atoms with E-state index in [1.807, 2.05) is 24.3 Å². The number of nitrogens with two attached hydrogens (primary N) is 1. The van der Waals surface area contributed by atoms with E-state index in [0.717, 1.165) is 10.9 Å². The lowest BCUT2D eigenvalue weighted by Gasteiger charge is -2.18. The van der Waals surface area contributed by atoms with Crippen molar-refractivity contribution in [2.24, 2.45) is 0 Å². The molecule has 3 rings (SSSR count). The second kappa shape index (κ2) is 12.2. The number of rotatable bonds is 10. The first-order valence-electron chi connectivity index (χ1n) is 11.2. The number of anilines is 3. The van der Waals surface area contributed by atoms with Gasteiger partial charge in [0.1, 0.15) is 6.04 Å². The number of para-hydroxylation sites is 2. The maximum absolute atomic E-state index is 12.9. The lowest BCUT2D eigenvalue weighted by atomic mass is 10.1. The number of amides is 3. The van der Waals surface area contributed by atoms with Crippen LogP contribution >= 0.6 is 0 Å². The number of aromatic nitrogens is 1. The van der Waals surface area contributed by atoms with Crippen LogP contribution in [0.15, 0.2) is 60.8 Å². The number of alkyl carbamates (subject to hydrolysis) is 1. The van der Waals surface area contributed by atoms with Gasteiger partial charge >= 0.3 is 6.09 Å². The molecule has 9 heteroatoms. The van der Waals surface area contributed by atoms with Crippen molar-refractivity contribution in [1.82, 2.24) is 10.3 Å². The van der Waals surface area contributed by atoms with Crippen molar-refractivity contribution >= 4 is 45.9 Å². The summed E-state index contributed by atoms with van der Waals surface area (Å²) in [5.74, 6) is -0.528. The Labute approximate surface area is 198 Å². The third kappa shape index (κ3) is 7.19. The zero-order valence-corrected chi connectivity index (χ0v) is 19.0. The fourth-order valence-electron chi connectivity index (χ4n) is 3.42. The van der Waals surface area contributed by atoms with E-state index in [2.05, 4.69) is 20.9 Å². The van der Waals surface area contributed by atoms with Gasteiger partial charge in [-0.2, -0.15) is 0 Å². The molecule has 9 nitrogen and oxygen atoms in total. The minimum Gasteiger partial charge on any atom is -0.450 e. The highest BCUT2D eigenvalue weighted by Crippen LogP contribution is 2.19. The number of carbonyl (C=O) groups excluding carboxylic acids is 3. The molecule has 0 spiro atoms. The molecule has 0 saturated heterocycles. The van der Waals surface area contributed by atoms with Crippen molar-refractivity contribution in [1.29, 1.82) is 0 Å². The Balaban J connectivity index is 1.55. The summed E-state index contributed by atoms with van der Waals surface area (Å²) in [6.07, 6.45) is 2.73. The number of nitrogens with one attached hydrogen (secondary N) is 3. The molecular weight excluding hydrogens is 434 g/mol. The van der Waals surface area contributed by atoms with Crippen LogP contribution in [0.25, 0.3) is 10.9 Å². The molecule has 0 saturated carbocycles. The maximum Gasteiger partial charge on any atom is 0.407 e. The van der Waals surface area contributed by atoms with Crippen molar-refractivity contribution in [2.75, 3.05) is 23.0 Å². The Morgan fingerprint density at radius 2 is 1.85 bits per heavy atom. The van der Waals surface area contributed by atoms with Crippen molar-refractivity contribution in [3.8, 4) is 0 Å². The molecule has 34 heavy (non-hydrogen) atoms. The molecule has 1 aromatic heterocycles. The molecule has 0 aliphatic heterocycles. The van der Waals surface area contributed by atoms with E-state index < -0.39 is 12.1 Å². The molecule has 1 heterocycles.